The number of rotatable bonds is 4. The standard InChI is InChI=1S/C12H10BrN3O4/c1-2-20-12(19)10-9(14-16-15-10)6-3-4-7(11(17)18)8(13)5-6/h3-5H,2H2,1H3,(H,17,18)(H,14,15,16). The number of halogens is 1. The molecule has 0 aliphatic carbocycles. The normalized spacial score (nSPS) is 10.3. The predicted octanol–water partition coefficient (Wildman–Crippen LogP) is 2.11. The zero-order valence-electron chi connectivity index (χ0n) is 10.4. The van der Waals surface area contributed by atoms with E-state index in [0.29, 0.717) is 15.7 Å². The molecule has 20 heavy (non-hydrogen) atoms. The summed E-state index contributed by atoms with van der Waals surface area (Å²) in [7, 11) is 0. The Morgan fingerprint density at radius 2 is 2.15 bits per heavy atom. The van der Waals surface area contributed by atoms with Gasteiger partial charge in [-0.1, -0.05) is 6.07 Å². The van der Waals surface area contributed by atoms with Crippen LogP contribution in [0.4, 0.5) is 0 Å². The highest BCUT2D eigenvalue weighted by Crippen LogP contribution is 2.26. The fourth-order valence-electron chi connectivity index (χ4n) is 1.61. The number of esters is 1. The van der Waals surface area contributed by atoms with Gasteiger partial charge in [0.05, 0.1) is 12.2 Å². The predicted molar refractivity (Wildman–Crippen MR) is 72.4 cm³/mol. The molecule has 0 bridgehead atoms. The number of hydrogen-bond donors (Lipinski definition) is 2. The zero-order valence-corrected chi connectivity index (χ0v) is 12.0. The smallest absolute Gasteiger partial charge is 0.361 e. The number of carbonyl (C=O) groups excluding carboxylic acids is 1. The van der Waals surface area contributed by atoms with E-state index < -0.39 is 11.9 Å². The Morgan fingerprint density at radius 1 is 1.40 bits per heavy atom. The fourth-order valence-corrected chi connectivity index (χ4v) is 2.16. The summed E-state index contributed by atoms with van der Waals surface area (Å²) in [5.74, 6) is -1.64. The molecule has 1 aromatic heterocycles. The third-order valence-corrected chi connectivity index (χ3v) is 3.15. The molecule has 1 heterocycles. The number of nitrogens with one attached hydrogen (secondary N) is 1. The molecule has 0 spiro atoms. The highest BCUT2D eigenvalue weighted by molar-refractivity contribution is 9.10. The Kier molecular flexibility index (Phi) is 4.14. The highest BCUT2D eigenvalue weighted by atomic mass is 79.9. The third-order valence-electron chi connectivity index (χ3n) is 2.49. The van der Waals surface area contributed by atoms with Gasteiger partial charge in [-0.15, -0.1) is 5.10 Å². The Bertz CT molecular complexity index is 668. The molecular formula is C12H10BrN3O4. The highest BCUT2D eigenvalue weighted by Gasteiger charge is 2.20. The third kappa shape index (κ3) is 2.69. The second-order valence-corrected chi connectivity index (χ2v) is 4.60. The second-order valence-electron chi connectivity index (χ2n) is 3.74. The summed E-state index contributed by atoms with van der Waals surface area (Å²) in [6.07, 6.45) is 0. The summed E-state index contributed by atoms with van der Waals surface area (Å²) in [4.78, 5) is 22.7. The second kappa shape index (κ2) is 5.83. The lowest BCUT2D eigenvalue weighted by Crippen LogP contribution is -2.07. The number of nitrogens with zero attached hydrogens (tertiary/aromatic N) is 2. The average molecular weight is 340 g/mol. The van der Waals surface area contributed by atoms with Crippen molar-refractivity contribution < 1.29 is 19.4 Å². The molecule has 0 radical (unpaired) electrons. The summed E-state index contributed by atoms with van der Waals surface area (Å²) >= 11 is 3.17. The Balaban J connectivity index is 2.43. The van der Waals surface area contributed by atoms with Gasteiger partial charge in [-0.2, -0.15) is 10.3 Å². The van der Waals surface area contributed by atoms with Crippen molar-refractivity contribution >= 4 is 27.9 Å². The number of carboxylic acid groups (broad SMARTS) is 1. The van der Waals surface area contributed by atoms with E-state index >= 15 is 0 Å². The van der Waals surface area contributed by atoms with Crippen LogP contribution in [0.25, 0.3) is 11.3 Å². The van der Waals surface area contributed by atoms with Crippen molar-refractivity contribution in [3.05, 3.63) is 33.9 Å². The van der Waals surface area contributed by atoms with Crippen molar-refractivity contribution in [2.75, 3.05) is 6.61 Å². The molecule has 0 atom stereocenters. The molecule has 0 amide bonds. The van der Waals surface area contributed by atoms with Gasteiger partial charge in [0.25, 0.3) is 0 Å². The summed E-state index contributed by atoms with van der Waals surface area (Å²) in [5.41, 5.74) is 1.04. The first-order chi connectivity index (χ1) is 9.54. The minimum Gasteiger partial charge on any atom is -0.478 e. The van der Waals surface area contributed by atoms with Crippen LogP contribution in [-0.2, 0) is 4.74 Å². The number of aromatic carboxylic acids is 1. The van der Waals surface area contributed by atoms with Crippen LogP contribution < -0.4 is 0 Å². The lowest BCUT2D eigenvalue weighted by molar-refractivity contribution is 0.0519. The van der Waals surface area contributed by atoms with Gasteiger partial charge in [-0.05, 0) is 35.0 Å². The molecule has 0 fully saturated rings. The van der Waals surface area contributed by atoms with E-state index in [1.165, 1.54) is 6.07 Å². The fraction of sp³-hybridized carbons (Fsp3) is 0.167. The molecule has 0 saturated carbocycles. The van der Waals surface area contributed by atoms with E-state index in [1.54, 1.807) is 19.1 Å². The van der Waals surface area contributed by atoms with Crippen molar-refractivity contribution in [2.24, 2.45) is 0 Å². The summed E-state index contributed by atoms with van der Waals surface area (Å²) in [6, 6.07) is 4.53. The van der Waals surface area contributed by atoms with Gasteiger partial charge in [-0.25, -0.2) is 9.59 Å². The van der Waals surface area contributed by atoms with E-state index in [9.17, 15) is 9.59 Å². The van der Waals surface area contributed by atoms with Gasteiger partial charge >= 0.3 is 11.9 Å². The van der Waals surface area contributed by atoms with Gasteiger partial charge in [0.1, 0.15) is 5.69 Å². The van der Waals surface area contributed by atoms with Crippen LogP contribution in [0, 0.1) is 0 Å². The van der Waals surface area contributed by atoms with Crippen LogP contribution in [-0.4, -0.2) is 39.1 Å². The van der Waals surface area contributed by atoms with Crippen molar-refractivity contribution in [1.29, 1.82) is 0 Å². The van der Waals surface area contributed by atoms with E-state index in [2.05, 4.69) is 31.3 Å². The molecule has 8 heteroatoms. The molecular weight excluding hydrogens is 330 g/mol. The average Bonchev–Trinajstić information content (AvgIpc) is 2.87. The molecule has 104 valence electrons. The summed E-state index contributed by atoms with van der Waals surface area (Å²) in [6.45, 7) is 1.92. The van der Waals surface area contributed by atoms with Crippen LogP contribution >= 0.6 is 15.9 Å². The molecule has 0 saturated heterocycles. The molecule has 2 aromatic rings. The molecule has 1 aromatic carbocycles. The van der Waals surface area contributed by atoms with E-state index in [0.717, 1.165) is 0 Å². The number of hydrogen-bond acceptors (Lipinski definition) is 5. The van der Waals surface area contributed by atoms with Crippen LogP contribution in [0.5, 0.6) is 0 Å². The van der Waals surface area contributed by atoms with Crippen molar-refractivity contribution in [2.45, 2.75) is 6.92 Å². The number of carboxylic acids is 1. The summed E-state index contributed by atoms with van der Waals surface area (Å²) in [5, 5.41) is 19.0. The molecule has 2 N–H and O–H groups in total. The minimum absolute atomic E-state index is 0.0572. The first-order valence-electron chi connectivity index (χ1n) is 5.65. The van der Waals surface area contributed by atoms with Gasteiger partial charge in [0.2, 0.25) is 0 Å². The lowest BCUT2D eigenvalue weighted by Gasteiger charge is -2.04. The Hall–Kier alpha value is -2.22. The minimum atomic E-state index is -1.05. The maximum absolute atomic E-state index is 11.7. The zero-order chi connectivity index (χ0) is 14.7. The molecule has 2 rings (SSSR count). The largest absolute Gasteiger partial charge is 0.478 e. The maximum atomic E-state index is 11.7. The Labute approximate surface area is 122 Å². The topological polar surface area (TPSA) is 105 Å². The number of aromatic nitrogens is 3. The van der Waals surface area contributed by atoms with Crippen molar-refractivity contribution in [3.63, 3.8) is 0 Å². The van der Waals surface area contributed by atoms with Gasteiger partial charge < -0.3 is 9.84 Å². The van der Waals surface area contributed by atoms with Crippen molar-refractivity contribution in [3.8, 4) is 11.3 Å². The van der Waals surface area contributed by atoms with Crippen molar-refractivity contribution in [1.82, 2.24) is 15.4 Å². The van der Waals surface area contributed by atoms with E-state index in [-0.39, 0.29) is 17.9 Å². The maximum Gasteiger partial charge on any atom is 0.361 e. The monoisotopic (exact) mass is 339 g/mol. The number of H-pyrrole nitrogens is 1. The van der Waals surface area contributed by atoms with Gasteiger partial charge in [0.15, 0.2) is 5.69 Å². The number of benzene rings is 1. The molecule has 7 nitrogen and oxygen atoms in total. The van der Waals surface area contributed by atoms with Crippen LogP contribution in [0.3, 0.4) is 0 Å². The van der Waals surface area contributed by atoms with Crippen LogP contribution in [0.2, 0.25) is 0 Å². The van der Waals surface area contributed by atoms with Gasteiger partial charge in [0, 0.05) is 10.0 Å². The quantitative estimate of drug-likeness (QED) is 0.826. The van der Waals surface area contributed by atoms with Crippen LogP contribution in [0.1, 0.15) is 27.8 Å². The Morgan fingerprint density at radius 3 is 2.75 bits per heavy atom. The number of aromatic amines is 1. The number of carbonyl (C=O) groups is 2. The first-order valence-corrected chi connectivity index (χ1v) is 6.45. The van der Waals surface area contributed by atoms with Crippen LogP contribution in [0.15, 0.2) is 22.7 Å². The molecule has 0 aliphatic heterocycles. The molecule has 0 unspecified atom stereocenters. The lowest BCUT2D eigenvalue weighted by atomic mass is 10.1. The first kappa shape index (κ1) is 14.2. The molecule has 0 aliphatic rings. The van der Waals surface area contributed by atoms with Gasteiger partial charge in [-0.3, -0.25) is 0 Å². The summed E-state index contributed by atoms with van der Waals surface area (Å²) < 4.78 is 5.26. The number of ether oxygens (including phenoxy) is 1. The van der Waals surface area contributed by atoms with E-state index in [1.807, 2.05) is 0 Å². The van der Waals surface area contributed by atoms with E-state index in [4.69, 9.17) is 9.84 Å². The SMILES string of the molecule is CCOC(=O)c1n[nH]nc1-c1ccc(C(=O)O)c(Br)c1.